The first-order valence-electron chi connectivity index (χ1n) is 6.48. The van der Waals surface area contributed by atoms with E-state index in [4.69, 9.17) is 4.74 Å². The van der Waals surface area contributed by atoms with Gasteiger partial charge in [0.05, 0.1) is 17.9 Å². The maximum absolute atomic E-state index is 11.8. The zero-order valence-corrected chi connectivity index (χ0v) is 12.7. The lowest BCUT2D eigenvalue weighted by atomic mass is 10.2. The Morgan fingerprint density at radius 3 is 3.00 bits per heavy atom. The van der Waals surface area contributed by atoms with Gasteiger partial charge in [-0.25, -0.2) is 0 Å². The van der Waals surface area contributed by atoms with Crippen LogP contribution in [0.2, 0.25) is 0 Å². The molecule has 1 rings (SSSR count). The third kappa shape index (κ3) is 6.01. The second-order valence-corrected chi connectivity index (χ2v) is 4.97. The maximum atomic E-state index is 11.8. The fourth-order valence-electron chi connectivity index (χ4n) is 1.45. The van der Waals surface area contributed by atoms with Crippen LogP contribution in [0.4, 0.5) is 0 Å². The van der Waals surface area contributed by atoms with Gasteiger partial charge in [0.15, 0.2) is 5.16 Å². The zero-order chi connectivity index (χ0) is 15.7. The maximum Gasteiger partial charge on any atom is 0.258 e. The Labute approximate surface area is 126 Å². The molecule has 116 valence electrons. The van der Waals surface area contributed by atoms with Crippen LogP contribution < -0.4 is 10.9 Å². The number of aromatic amines is 1. The molecule has 3 N–H and O–H groups in total. The topological polar surface area (TPSA) is 104 Å². The Morgan fingerprint density at radius 2 is 2.38 bits per heavy atom. The highest BCUT2D eigenvalue weighted by molar-refractivity contribution is 7.99. The highest BCUT2D eigenvalue weighted by Crippen LogP contribution is 2.16. The normalized spacial score (nSPS) is 10.3. The second-order valence-electron chi connectivity index (χ2n) is 4.00. The van der Waals surface area contributed by atoms with E-state index in [1.54, 1.807) is 6.08 Å². The minimum absolute atomic E-state index is 0.0918. The van der Waals surface area contributed by atoms with Gasteiger partial charge in [-0.2, -0.15) is 4.98 Å². The summed E-state index contributed by atoms with van der Waals surface area (Å²) in [5.74, 6) is -0.441. The van der Waals surface area contributed by atoms with Crippen molar-refractivity contribution < 1.29 is 14.6 Å². The fraction of sp³-hybridized carbons (Fsp3) is 0.462. The van der Waals surface area contributed by atoms with Gasteiger partial charge in [0.2, 0.25) is 11.8 Å². The number of H-pyrrole nitrogens is 1. The van der Waals surface area contributed by atoms with Crippen molar-refractivity contribution in [3.05, 3.63) is 28.6 Å². The summed E-state index contributed by atoms with van der Waals surface area (Å²) in [5, 5.41) is 12.6. The van der Waals surface area contributed by atoms with Gasteiger partial charge < -0.3 is 20.1 Å². The molecule has 1 aromatic heterocycles. The summed E-state index contributed by atoms with van der Waals surface area (Å²) in [7, 11) is 0. The summed E-state index contributed by atoms with van der Waals surface area (Å²) in [5.41, 5.74) is -0.236. The number of aromatic hydroxyl groups is 1. The van der Waals surface area contributed by atoms with E-state index in [2.05, 4.69) is 21.9 Å². The van der Waals surface area contributed by atoms with Crippen LogP contribution in [-0.2, 0) is 16.0 Å². The molecule has 0 spiro atoms. The summed E-state index contributed by atoms with van der Waals surface area (Å²) in [6.45, 7) is 6.60. The first-order valence-corrected chi connectivity index (χ1v) is 7.47. The van der Waals surface area contributed by atoms with Gasteiger partial charge in [-0.15, -0.1) is 6.58 Å². The average molecular weight is 313 g/mol. The van der Waals surface area contributed by atoms with E-state index >= 15 is 0 Å². The average Bonchev–Trinajstić information content (AvgIpc) is 2.45. The molecule has 0 aliphatic heterocycles. The summed E-state index contributed by atoms with van der Waals surface area (Å²) in [6, 6.07) is 0. The molecule has 0 saturated carbocycles. The van der Waals surface area contributed by atoms with Crippen LogP contribution in [0, 0.1) is 0 Å². The van der Waals surface area contributed by atoms with E-state index in [-0.39, 0.29) is 34.7 Å². The molecule has 1 aromatic rings. The standard InChI is InChI=1S/C13H19N3O4S/c1-3-6-14-10(17)8-21-13-15-11(18)9(12(19)16-13)5-7-20-4-2/h3H,1,4-8H2,2H3,(H,14,17)(H2,15,16,18,19). The summed E-state index contributed by atoms with van der Waals surface area (Å²) >= 11 is 1.04. The molecular formula is C13H19N3O4S. The van der Waals surface area contributed by atoms with E-state index in [9.17, 15) is 14.7 Å². The van der Waals surface area contributed by atoms with E-state index < -0.39 is 5.56 Å². The summed E-state index contributed by atoms with van der Waals surface area (Å²) in [4.78, 5) is 29.6. The fourth-order valence-corrected chi connectivity index (χ4v) is 2.13. The van der Waals surface area contributed by atoms with Crippen LogP contribution in [0.5, 0.6) is 5.88 Å². The smallest absolute Gasteiger partial charge is 0.258 e. The van der Waals surface area contributed by atoms with Gasteiger partial charge in [0.25, 0.3) is 5.56 Å². The monoisotopic (exact) mass is 313 g/mol. The predicted octanol–water partition coefficient (Wildman–Crippen LogP) is 0.449. The first-order chi connectivity index (χ1) is 10.1. The number of aromatic nitrogens is 2. The number of amides is 1. The number of hydrogen-bond donors (Lipinski definition) is 3. The lowest BCUT2D eigenvalue weighted by molar-refractivity contribution is -0.118. The van der Waals surface area contributed by atoms with Crippen molar-refractivity contribution in [2.45, 2.75) is 18.5 Å². The molecule has 0 fully saturated rings. The van der Waals surface area contributed by atoms with Crippen LogP contribution in [-0.4, -0.2) is 46.5 Å². The SMILES string of the molecule is C=CCNC(=O)CSc1nc(O)c(CCOCC)c(=O)[nH]1. The molecule has 8 heteroatoms. The van der Waals surface area contributed by atoms with Crippen molar-refractivity contribution in [1.82, 2.24) is 15.3 Å². The molecule has 0 aliphatic rings. The highest BCUT2D eigenvalue weighted by atomic mass is 32.2. The number of carbonyl (C=O) groups excluding carboxylic acids is 1. The Balaban J connectivity index is 2.63. The third-order valence-electron chi connectivity index (χ3n) is 2.46. The van der Waals surface area contributed by atoms with Gasteiger partial charge in [0.1, 0.15) is 0 Å². The van der Waals surface area contributed by atoms with Gasteiger partial charge in [-0.05, 0) is 6.92 Å². The zero-order valence-electron chi connectivity index (χ0n) is 11.8. The molecule has 0 atom stereocenters. The molecule has 0 aromatic carbocycles. The van der Waals surface area contributed by atoms with Crippen LogP contribution in [0.25, 0.3) is 0 Å². The van der Waals surface area contributed by atoms with Crippen molar-refractivity contribution in [1.29, 1.82) is 0 Å². The molecular weight excluding hydrogens is 294 g/mol. The molecule has 0 unspecified atom stereocenters. The number of carbonyl (C=O) groups is 1. The number of hydrogen-bond acceptors (Lipinski definition) is 6. The Bertz CT molecular complexity index is 545. The molecule has 21 heavy (non-hydrogen) atoms. The third-order valence-corrected chi connectivity index (χ3v) is 3.33. The van der Waals surface area contributed by atoms with E-state index in [1.807, 2.05) is 6.92 Å². The number of ether oxygens (including phenoxy) is 1. The van der Waals surface area contributed by atoms with Crippen LogP contribution in [0.15, 0.2) is 22.6 Å². The van der Waals surface area contributed by atoms with Gasteiger partial charge >= 0.3 is 0 Å². The van der Waals surface area contributed by atoms with Gasteiger partial charge in [-0.3, -0.25) is 9.59 Å². The lowest BCUT2D eigenvalue weighted by Gasteiger charge is -2.06. The van der Waals surface area contributed by atoms with Crippen molar-refractivity contribution in [2.75, 3.05) is 25.5 Å². The first kappa shape index (κ1) is 17.3. The van der Waals surface area contributed by atoms with Crippen LogP contribution in [0.1, 0.15) is 12.5 Å². The quantitative estimate of drug-likeness (QED) is 0.265. The number of nitrogens with zero attached hydrogens (tertiary/aromatic N) is 1. The Hall–Kier alpha value is -1.80. The predicted molar refractivity (Wildman–Crippen MR) is 80.7 cm³/mol. The van der Waals surface area contributed by atoms with E-state index in [0.717, 1.165) is 11.8 Å². The molecule has 0 saturated heterocycles. The van der Waals surface area contributed by atoms with Crippen LogP contribution >= 0.6 is 11.8 Å². The van der Waals surface area contributed by atoms with E-state index in [1.165, 1.54) is 0 Å². The number of nitrogens with one attached hydrogen (secondary N) is 2. The minimum Gasteiger partial charge on any atom is -0.493 e. The second kappa shape index (κ2) is 9.19. The molecule has 1 heterocycles. The lowest BCUT2D eigenvalue weighted by Crippen LogP contribution is -2.25. The molecule has 0 radical (unpaired) electrons. The molecule has 7 nitrogen and oxygen atoms in total. The highest BCUT2D eigenvalue weighted by Gasteiger charge is 2.12. The summed E-state index contributed by atoms with van der Waals surface area (Å²) in [6.07, 6.45) is 1.86. The Morgan fingerprint density at radius 1 is 1.62 bits per heavy atom. The van der Waals surface area contributed by atoms with Crippen molar-refractivity contribution in [3.63, 3.8) is 0 Å². The van der Waals surface area contributed by atoms with E-state index in [0.29, 0.717) is 19.8 Å². The van der Waals surface area contributed by atoms with Gasteiger partial charge in [-0.1, -0.05) is 17.8 Å². The number of rotatable bonds is 9. The van der Waals surface area contributed by atoms with Crippen molar-refractivity contribution in [3.8, 4) is 5.88 Å². The molecule has 0 aliphatic carbocycles. The van der Waals surface area contributed by atoms with Crippen molar-refractivity contribution >= 4 is 17.7 Å². The molecule has 0 bridgehead atoms. The summed E-state index contributed by atoms with van der Waals surface area (Å²) < 4.78 is 5.14. The minimum atomic E-state index is -0.420. The number of thioether (sulfide) groups is 1. The van der Waals surface area contributed by atoms with Crippen LogP contribution in [0.3, 0.4) is 0 Å². The molecule has 1 amide bonds. The van der Waals surface area contributed by atoms with Gasteiger partial charge in [0, 0.05) is 19.6 Å². The van der Waals surface area contributed by atoms with Crippen molar-refractivity contribution in [2.24, 2.45) is 0 Å². The largest absolute Gasteiger partial charge is 0.493 e. The Kier molecular flexibility index (Phi) is 7.55.